The van der Waals surface area contributed by atoms with Gasteiger partial charge in [-0.2, -0.15) is 0 Å². The van der Waals surface area contributed by atoms with Crippen LogP contribution in [0.2, 0.25) is 0 Å². The van der Waals surface area contributed by atoms with Gasteiger partial charge in [-0.1, -0.05) is 0 Å². The fourth-order valence-corrected chi connectivity index (χ4v) is 3.36. The molecule has 1 unspecified atom stereocenters. The predicted molar refractivity (Wildman–Crippen MR) is 70.1 cm³/mol. The Labute approximate surface area is 110 Å². The summed E-state index contributed by atoms with van der Waals surface area (Å²) in [5.41, 5.74) is 0.772. The molecular formula is C13H17NO3S. The monoisotopic (exact) mass is 267 g/mol. The number of amides is 1. The lowest BCUT2D eigenvalue weighted by atomic mass is 10.1. The minimum Gasteiger partial charge on any atom is -0.481 e. The lowest BCUT2D eigenvalue weighted by Gasteiger charge is -2.16. The molecular weight excluding hydrogens is 250 g/mol. The maximum atomic E-state index is 12.3. The first-order chi connectivity index (χ1) is 8.47. The van der Waals surface area contributed by atoms with Crippen LogP contribution in [-0.4, -0.2) is 35.0 Å². The van der Waals surface area contributed by atoms with Crippen molar-refractivity contribution in [1.29, 1.82) is 0 Å². The minimum absolute atomic E-state index is 0.0461. The Bertz CT molecular complexity index is 481. The number of nitrogens with zero attached hydrogens (tertiary/aromatic N) is 1. The highest BCUT2D eigenvalue weighted by atomic mass is 32.1. The van der Waals surface area contributed by atoms with Crippen LogP contribution in [0.4, 0.5) is 0 Å². The molecule has 1 aliphatic rings. The third-order valence-electron chi connectivity index (χ3n) is 3.31. The van der Waals surface area contributed by atoms with Gasteiger partial charge in [-0.05, 0) is 32.3 Å². The van der Waals surface area contributed by atoms with Crippen LogP contribution < -0.4 is 0 Å². The van der Waals surface area contributed by atoms with Gasteiger partial charge in [0.25, 0.3) is 5.91 Å². The van der Waals surface area contributed by atoms with E-state index < -0.39 is 5.97 Å². The van der Waals surface area contributed by atoms with Gasteiger partial charge in [0.15, 0.2) is 0 Å². The van der Waals surface area contributed by atoms with Gasteiger partial charge in [0, 0.05) is 29.3 Å². The summed E-state index contributed by atoms with van der Waals surface area (Å²) in [5.74, 6) is -0.631. The van der Waals surface area contributed by atoms with Gasteiger partial charge < -0.3 is 10.0 Å². The van der Waals surface area contributed by atoms with Crippen molar-refractivity contribution in [2.75, 3.05) is 13.1 Å². The van der Waals surface area contributed by atoms with Gasteiger partial charge in [0.2, 0.25) is 0 Å². The van der Waals surface area contributed by atoms with Crippen molar-refractivity contribution < 1.29 is 14.7 Å². The lowest BCUT2D eigenvalue weighted by Crippen LogP contribution is -2.29. The molecule has 0 aliphatic carbocycles. The number of likely N-dealkylation sites (tertiary alicyclic amines) is 1. The van der Waals surface area contributed by atoms with Crippen LogP contribution in [-0.2, 0) is 4.79 Å². The SMILES string of the molecule is Cc1cc(C(=O)N2CCC(CC(=O)O)C2)c(C)s1. The first-order valence-corrected chi connectivity index (χ1v) is 6.87. The second kappa shape index (κ2) is 5.10. The number of hydrogen-bond donors (Lipinski definition) is 1. The van der Waals surface area contributed by atoms with Gasteiger partial charge in [0.1, 0.15) is 0 Å². The molecule has 98 valence electrons. The van der Waals surface area contributed by atoms with Crippen molar-refractivity contribution in [3.05, 3.63) is 21.4 Å². The zero-order valence-corrected chi connectivity index (χ0v) is 11.4. The maximum absolute atomic E-state index is 12.3. The summed E-state index contributed by atoms with van der Waals surface area (Å²) in [6, 6.07) is 1.92. The van der Waals surface area contributed by atoms with Crippen molar-refractivity contribution in [3.8, 4) is 0 Å². The molecule has 2 heterocycles. The van der Waals surface area contributed by atoms with Gasteiger partial charge >= 0.3 is 5.97 Å². The largest absolute Gasteiger partial charge is 0.481 e. The number of aryl methyl sites for hydroxylation is 2. The molecule has 1 amide bonds. The van der Waals surface area contributed by atoms with Gasteiger partial charge in [0.05, 0.1) is 5.56 Å². The summed E-state index contributed by atoms with van der Waals surface area (Å²) in [6.45, 7) is 5.19. The standard InChI is InChI=1S/C13H17NO3S/c1-8-5-11(9(2)18-8)13(17)14-4-3-10(7-14)6-12(15)16/h5,10H,3-4,6-7H2,1-2H3,(H,15,16). The summed E-state index contributed by atoms with van der Waals surface area (Å²) in [6.07, 6.45) is 0.950. The molecule has 1 atom stereocenters. The Hall–Kier alpha value is -1.36. The third-order valence-corrected chi connectivity index (χ3v) is 4.27. The van der Waals surface area contributed by atoms with Gasteiger partial charge in [-0.15, -0.1) is 11.3 Å². The molecule has 0 radical (unpaired) electrons. The number of carbonyl (C=O) groups is 2. The molecule has 5 heteroatoms. The highest BCUT2D eigenvalue weighted by molar-refractivity contribution is 7.12. The maximum Gasteiger partial charge on any atom is 0.303 e. The Kier molecular flexibility index (Phi) is 3.71. The van der Waals surface area contributed by atoms with E-state index in [0.29, 0.717) is 13.1 Å². The van der Waals surface area contributed by atoms with Crippen molar-refractivity contribution in [3.63, 3.8) is 0 Å². The molecule has 4 nitrogen and oxygen atoms in total. The average Bonchev–Trinajstić information content (AvgIpc) is 2.84. The number of carbonyl (C=O) groups excluding carboxylic acids is 1. The number of carboxylic acids is 1. The molecule has 1 N–H and O–H groups in total. The Balaban J connectivity index is 2.03. The topological polar surface area (TPSA) is 57.6 Å². The van der Waals surface area contributed by atoms with Crippen LogP contribution in [0.1, 0.15) is 33.0 Å². The summed E-state index contributed by atoms with van der Waals surface area (Å²) >= 11 is 1.63. The van der Waals surface area contributed by atoms with Crippen LogP contribution in [0.3, 0.4) is 0 Å². The molecule has 1 saturated heterocycles. The average molecular weight is 267 g/mol. The first kappa shape index (κ1) is 13.1. The third kappa shape index (κ3) is 2.72. The van der Waals surface area contributed by atoms with Crippen molar-refractivity contribution >= 4 is 23.2 Å². The predicted octanol–water partition coefficient (Wildman–Crippen LogP) is 2.30. The first-order valence-electron chi connectivity index (χ1n) is 6.05. The van der Waals surface area contributed by atoms with E-state index in [1.165, 1.54) is 0 Å². The van der Waals surface area contributed by atoms with E-state index in [0.717, 1.165) is 21.7 Å². The van der Waals surface area contributed by atoms with Crippen molar-refractivity contribution in [1.82, 2.24) is 4.90 Å². The quantitative estimate of drug-likeness (QED) is 0.914. The second-order valence-electron chi connectivity index (χ2n) is 4.83. The van der Waals surface area contributed by atoms with Crippen LogP contribution in [0.15, 0.2) is 6.07 Å². The Morgan fingerprint density at radius 1 is 1.50 bits per heavy atom. The lowest BCUT2D eigenvalue weighted by molar-refractivity contribution is -0.138. The zero-order chi connectivity index (χ0) is 13.3. The molecule has 1 fully saturated rings. The number of hydrogen-bond acceptors (Lipinski definition) is 3. The smallest absolute Gasteiger partial charge is 0.303 e. The Morgan fingerprint density at radius 3 is 2.78 bits per heavy atom. The fraction of sp³-hybridized carbons (Fsp3) is 0.538. The van der Waals surface area contributed by atoms with E-state index in [1.54, 1.807) is 16.2 Å². The summed E-state index contributed by atoms with van der Waals surface area (Å²) in [4.78, 5) is 26.9. The molecule has 1 aliphatic heterocycles. The van der Waals surface area contributed by atoms with Crippen molar-refractivity contribution in [2.45, 2.75) is 26.7 Å². The van der Waals surface area contributed by atoms with Crippen molar-refractivity contribution in [2.24, 2.45) is 5.92 Å². The number of thiophene rings is 1. The van der Waals surface area contributed by atoms with Crippen LogP contribution in [0.5, 0.6) is 0 Å². The van der Waals surface area contributed by atoms with Gasteiger partial charge in [-0.25, -0.2) is 0 Å². The molecule has 18 heavy (non-hydrogen) atoms. The number of aliphatic carboxylic acids is 1. The van der Waals surface area contributed by atoms with E-state index >= 15 is 0 Å². The van der Waals surface area contributed by atoms with Crippen LogP contribution in [0, 0.1) is 19.8 Å². The Morgan fingerprint density at radius 2 is 2.22 bits per heavy atom. The summed E-state index contributed by atoms with van der Waals surface area (Å²) < 4.78 is 0. The van der Waals surface area contributed by atoms with E-state index in [-0.39, 0.29) is 18.2 Å². The summed E-state index contributed by atoms with van der Waals surface area (Å²) in [5, 5.41) is 8.76. The van der Waals surface area contributed by atoms with E-state index in [9.17, 15) is 9.59 Å². The fourth-order valence-electron chi connectivity index (χ4n) is 2.44. The van der Waals surface area contributed by atoms with Crippen LogP contribution >= 0.6 is 11.3 Å². The summed E-state index contributed by atoms with van der Waals surface area (Å²) in [7, 11) is 0. The highest BCUT2D eigenvalue weighted by Crippen LogP contribution is 2.26. The van der Waals surface area contributed by atoms with Crippen LogP contribution in [0.25, 0.3) is 0 Å². The molecule has 0 spiro atoms. The molecule has 0 bridgehead atoms. The minimum atomic E-state index is -0.781. The highest BCUT2D eigenvalue weighted by Gasteiger charge is 2.29. The zero-order valence-electron chi connectivity index (χ0n) is 10.6. The number of rotatable bonds is 3. The van der Waals surface area contributed by atoms with Gasteiger partial charge in [-0.3, -0.25) is 9.59 Å². The van der Waals surface area contributed by atoms with E-state index in [1.807, 2.05) is 19.9 Å². The second-order valence-corrected chi connectivity index (χ2v) is 6.29. The molecule has 0 saturated carbocycles. The normalized spacial score (nSPS) is 19.2. The molecule has 0 aromatic carbocycles. The van der Waals surface area contributed by atoms with E-state index in [4.69, 9.17) is 5.11 Å². The van der Waals surface area contributed by atoms with E-state index in [2.05, 4.69) is 0 Å². The molecule has 1 aromatic rings. The molecule has 1 aromatic heterocycles. The molecule has 2 rings (SSSR count). The number of carboxylic acid groups (broad SMARTS) is 1.